The van der Waals surface area contributed by atoms with Crippen molar-refractivity contribution in [1.82, 2.24) is 10.2 Å². The average molecular weight is 218 g/mol. The van der Waals surface area contributed by atoms with Crippen LogP contribution in [0.3, 0.4) is 0 Å². The van der Waals surface area contributed by atoms with Crippen LogP contribution in [-0.2, 0) is 6.54 Å². The molecule has 1 aliphatic heterocycles. The van der Waals surface area contributed by atoms with Crippen molar-refractivity contribution in [3.8, 4) is 0 Å². The topological polar surface area (TPSA) is 15.3 Å². The number of piperazine rings is 1. The second-order valence-electron chi connectivity index (χ2n) is 4.82. The van der Waals surface area contributed by atoms with Gasteiger partial charge in [0.15, 0.2) is 0 Å². The van der Waals surface area contributed by atoms with Gasteiger partial charge in [-0.3, -0.25) is 4.90 Å². The van der Waals surface area contributed by atoms with Crippen LogP contribution in [-0.4, -0.2) is 31.1 Å². The fraction of sp³-hybridized carbons (Fsp3) is 0.571. The van der Waals surface area contributed by atoms with Crippen LogP contribution in [0.15, 0.2) is 12.1 Å². The van der Waals surface area contributed by atoms with Gasteiger partial charge in [-0.25, -0.2) is 0 Å². The highest BCUT2D eigenvalue weighted by atomic mass is 15.2. The van der Waals surface area contributed by atoms with Crippen LogP contribution in [0.25, 0.3) is 0 Å². The molecular formula is C14H22N2. The fourth-order valence-electron chi connectivity index (χ4n) is 2.29. The highest BCUT2D eigenvalue weighted by Crippen LogP contribution is 2.18. The standard InChI is InChI=1S/C14H22N2/c1-11-4-5-14(13(3)12(11)2)10-16-8-6-15-7-9-16/h4-5,15H,6-10H2,1-3H3. The van der Waals surface area contributed by atoms with E-state index in [1.54, 1.807) is 0 Å². The molecule has 0 spiro atoms. The normalized spacial score (nSPS) is 17.7. The minimum Gasteiger partial charge on any atom is -0.314 e. The summed E-state index contributed by atoms with van der Waals surface area (Å²) < 4.78 is 0. The maximum absolute atomic E-state index is 3.39. The number of rotatable bonds is 2. The van der Waals surface area contributed by atoms with E-state index in [9.17, 15) is 0 Å². The van der Waals surface area contributed by atoms with E-state index in [1.165, 1.54) is 35.3 Å². The van der Waals surface area contributed by atoms with E-state index in [4.69, 9.17) is 0 Å². The molecule has 0 unspecified atom stereocenters. The molecule has 0 aliphatic carbocycles. The van der Waals surface area contributed by atoms with Crippen molar-refractivity contribution in [3.63, 3.8) is 0 Å². The summed E-state index contributed by atoms with van der Waals surface area (Å²) >= 11 is 0. The van der Waals surface area contributed by atoms with Crippen molar-refractivity contribution < 1.29 is 0 Å². The summed E-state index contributed by atoms with van der Waals surface area (Å²) in [6.45, 7) is 12.4. The maximum atomic E-state index is 3.39. The number of nitrogens with zero attached hydrogens (tertiary/aromatic N) is 1. The smallest absolute Gasteiger partial charge is 0.0237 e. The molecule has 1 N–H and O–H groups in total. The van der Waals surface area contributed by atoms with Crippen molar-refractivity contribution in [1.29, 1.82) is 0 Å². The van der Waals surface area contributed by atoms with Gasteiger partial charge in [0.2, 0.25) is 0 Å². The molecule has 1 saturated heterocycles. The lowest BCUT2D eigenvalue weighted by Crippen LogP contribution is -2.43. The molecule has 0 amide bonds. The van der Waals surface area contributed by atoms with Crippen LogP contribution in [0.2, 0.25) is 0 Å². The Morgan fingerprint density at radius 1 is 1.06 bits per heavy atom. The molecule has 2 heteroatoms. The first-order valence-corrected chi connectivity index (χ1v) is 6.17. The van der Waals surface area contributed by atoms with Gasteiger partial charge in [0.05, 0.1) is 0 Å². The number of hydrogen-bond acceptors (Lipinski definition) is 2. The molecule has 1 heterocycles. The summed E-state index contributed by atoms with van der Waals surface area (Å²) in [6, 6.07) is 4.54. The maximum Gasteiger partial charge on any atom is 0.0237 e. The number of benzene rings is 1. The lowest BCUT2D eigenvalue weighted by atomic mass is 9.98. The molecule has 0 saturated carbocycles. The van der Waals surface area contributed by atoms with Crippen molar-refractivity contribution in [2.24, 2.45) is 0 Å². The third kappa shape index (κ3) is 2.45. The third-order valence-electron chi connectivity index (χ3n) is 3.77. The van der Waals surface area contributed by atoms with Crippen LogP contribution in [0, 0.1) is 20.8 Å². The Morgan fingerprint density at radius 3 is 2.44 bits per heavy atom. The van der Waals surface area contributed by atoms with E-state index in [0.717, 1.165) is 19.6 Å². The highest BCUT2D eigenvalue weighted by Gasteiger charge is 2.12. The molecule has 16 heavy (non-hydrogen) atoms. The van der Waals surface area contributed by atoms with Crippen molar-refractivity contribution >= 4 is 0 Å². The van der Waals surface area contributed by atoms with E-state index < -0.39 is 0 Å². The Kier molecular flexibility index (Phi) is 3.62. The second-order valence-corrected chi connectivity index (χ2v) is 4.82. The minimum absolute atomic E-state index is 1.11. The monoisotopic (exact) mass is 218 g/mol. The van der Waals surface area contributed by atoms with Gasteiger partial charge < -0.3 is 5.32 Å². The van der Waals surface area contributed by atoms with E-state index in [0.29, 0.717) is 0 Å². The van der Waals surface area contributed by atoms with Crippen LogP contribution in [0.1, 0.15) is 22.3 Å². The third-order valence-corrected chi connectivity index (χ3v) is 3.77. The van der Waals surface area contributed by atoms with Gasteiger partial charge in [0, 0.05) is 32.7 Å². The Hall–Kier alpha value is -0.860. The SMILES string of the molecule is Cc1ccc(CN2CCNCC2)c(C)c1C. The van der Waals surface area contributed by atoms with Gasteiger partial charge >= 0.3 is 0 Å². The van der Waals surface area contributed by atoms with E-state index in [-0.39, 0.29) is 0 Å². The lowest BCUT2D eigenvalue weighted by Gasteiger charge is -2.28. The van der Waals surface area contributed by atoms with Gasteiger partial charge in [-0.1, -0.05) is 12.1 Å². The fourth-order valence-corrected chi connectivity index (χ4v) is 2.29. The van der Waals surface area contributed by atoms with Crippen LogP contribution >= 0.6 is 0 Å². The van der Waals surface area contributed by atoms with E-state index in [2.05, 4.69) is 43.1 Å². The molecule has 1 aromatic carbocycles. The quantitative estimate of drug-likeness (QED) is 0.817. The Balaban J connectivity index is 2.11. The molecular weight excluding hydrogens is 196 g/mol. The summed E-state index contributed by atoms with van der Waals surface area (Å²) in [5, 5.41) is 3.39. The molecule has 0 aromatic heterocycles. The van der Waals surface area contributed by atoms with Crippen LogP contribution in [0.4, 0.5) is 0 Å². The van der Waals surface area contributed by atoms with E-state index in [1.807, 2.05) is 0 Å². The molecule has 0 radical (unpaired) electrons. The molecule has 1 aliphatic rings. The Labute approximate surface area is 98.7 Å². The zero-order chi connectivity index (χ0) is 11.5. The van der Waals surface area contributed by atoms with Crippen LogP contribution in [0.5, 0.6) is 0 Å². The lowest BCUT2D eigenvalue weighted by molar-refractivity contribution is 0.233. The summed E-state index contributed by atoms with van der Waals surface area (Å²) in [6.07, 6.45) is 0. The zero-order valence-electron chi connectivity index (χ0n) is 10.6. The first kappa shape index (κ1) is 11.6. The molecule has 1 fully saturated rings. The van der Waals surface area contributed by atoms with E-state index >= 15 is 0 Å². The van der Waals surface area contributed by atoms with Gasteiger partial charge in [0.25, 0.3) is 0 Å². The first-order valence-electron chi connectivity index (χ1n) is 6.17. The second kappa shape index (κ2) is 4.98. The van der Waals surface area contributed by atoms with Crippen molar-refractivity contribution in [3.05, 3.63) is 34.4 Å². The predicted molar refractivity (Wildman–Crippen MR) is 68.8 cm³/mol. The average Bonchev–Trinajstić information content (AvgIpc) is 2.31. The number of hydrogen-bond donors (Lipinski definition) is 1. The van der Waals surface area contributed by atoms with Crippen molar-refractivity contribution in [2.45, 2.75) is 27.3 Å². The largest absolute Gasteiger partial charge is 0.314 e. The highest BCUT2D eigenvalue weighted by molar-refractivity contribution is 5.38. The Bertz CT molecular complexity index is 365. The summed E-state index contributed by atoms with van der Waals surface area (Å²) in [5.41, 5.74) is 5.82. The molecule has 1 aromatic rings. The summed E-state index contributed by atoms with van der Waals surface area (Å²) in [4.78, 5) is 2.54. The predicted octanol–water partition coefficient (Wildman–Crippen LogP) is 2.02. The van der Waals surface area contributed by atoms with Crippen LogP contribution < -0.4 is 5.32 Å². The van der Waals surface area contributed by atoms with Gasteiger partial charge in [-0.15, -0.1) is 0 Å². The molecule has 0 atom stereocenters. The molecule has 0 bridgehead atoms. The number of aryl methyl sites for hydroxylation is 1. The first-order chi connectivity index (χ1) is 7.68. The van der Waals surface area contributed by atoms with Gasteiger partial charge in [-0.05, 0) is 43.0 Å². The minimum atomic E-state index is 1.11. The summed E-state index contributed by atoms with van der Waals surface area (Å²) in [7, 11) is 0. The molecule has 2 rings (SSSR count). The zero-order valence-corrected chi connectivity index (χ0v) is 10.6. The summed E-state index contributed by atoms with van der Waals surface area (Å²) in [5.74, 6) is 0. The van der Waals surface area contributed by atoms with Gasteiger partial charge in [-0.2, -0.15) is 0 Å². The van der Waals surface area contributed by atoms with Gasteiger partial charge in [0.1, 0.15) is 0 Å². The molecule has 88 valence electrons. The molecule has 2 nitrogen and oxygen atoms in total. The van der Waals surface area contributed by atoms with Crippen molar-refractivity contribution in [2.75, 3.05) is 26.2 Å². The Morgan fingerprint density at radius 2 is 1.75 bits per heavy atom. The number of nitrogens with one attached hydrogen (secondary N) is 1.